The molecule has 0 fully saturated rings. The van der Waals surface area contributed by atoms with E-state index in [-0.39, 0.29) is 0 Å². The number of rotatable bonds is 1. The molecule has 0 aliphatic rings. The minimum atomic E-state index is -2.99. The van der Waals surface area contributed by atoms with Crippen LogP contribution in [0.4, 0.5) is 0 Å². The van der Waals surface area contributed by atoms with Gasteiger partial charge in [-0.1, -0.05) is 0 Å². The van der Waals surface area contributed by atoms with Gasteiger partial charge in [-0.25, -0.2) is 0 Å². The summed E-state index contributed by atoms with van der Waals surface area (Å²) in [7, 11) is -5.79. The number of nitrogens with two attached hydrogens (primary N) is 5. The first kappa shape index (κ1) is 9.26. The number of nitrogens with zero attached hydrogens (tertiary/aromatic N) is 1. The summed E-state index contributed by atoms with van der Waals surface area (Å²) in [6.45, 7) is 0. The highest BCUT2D eigenvalue weighted by atomic mass is 31.2. The van der Waals surface area contributed by atoms with E-state index in [9.17, 15) is 0 Å². The summed E-state index contributed by atoms with van der Waals surface area (Å²) in [5.74, 6) is 0. The van der Waals surface area contributed by atoms with Crippen molar-refractivity contribution >= 4 is 15.0 Å². The third-order valence-electron chi connectivity index (χ3n) is 0.303. The lowest BCUT2D eigenvalue weighted by molar-refractivity contribution is 1.45. The monoisotopic (exact) mass is 171 g/mol. The first-order valence-electron chi connectivity index (χ1n) is 1.91. The van der Waals surface area contributed by atoms with Gasteiger partial charge in [-0.15, -0.1) is 0 Å². The molecule has 0 aliphatic carbocycles. The second-order valence-corrected chi connectivity index (χ2v) is 5.40. The van der Waals surface area contributed by atoms with Crippen molar-refractivity contribution in [1.82, 2.24) is 0 Å². The maximum absolute atomic E-state index is 6.88. The van der Waals surface area contributed by atoms with E-state index >= 15 is 0 Å². The van der Waals surface area contributed by atoms with Gasteiger partial charge < -0.3 is 0 Å². The van der Waals surface area contributed by atoms with Crippen LogP contribution in [0.3, 0.4) is 0 Å². The number of hydrogen-bond acceptors (Lipinski definition) is 1. The largest absolute Gasteiger partial charge is 0.274 e. The van der Waals surface area contributed by atoms with Gasteiger partial charge in [0.05, 0.1) is 0 Å². The van der Waals surface area contributed by atoms with E-state index in [2.05, 4.69) is 4.52 Å². The molecule has 0 bridgehead atoms. The molecule has 56 valence electrons. The molecular formula is H11N7P2. The van der Waals surface area contributed by atoms with Crippen LogP contribution in [0.1, 0.15) is 0 Å². The van der Waals surface area contributed by atoms with Crippen molar-refractivity contribution in [3.05, 3.63) is 0 Å². The molecule has 0 spiro atoms. The third kappa shape index (κ3) is 8.26. The number of nitrogens with one attached hydrogen (secondary N) is 1. The van der Waals surface area contributed by atoms with Crippen LogP contribution in [-0.4, -0.2) is 0 Å². The molecule has 0 atom stereocenters. The lowest BCUT2D eigenvalue weighted by atomic mass is 13.8. The van der Waals surface area contributed by atoms with E-state index in [0.29, 0.717) is 0 Å². The topological polar surface area (TPSA) is 166 Å². The van der Waals surface area contributed by atoms with Crippen LogP contribution >= 0.6 is 15.0 Å². The Kier molecular flexibility index (Phi) is 2.55. The Hall–Kier alpha value is 0.260. The van der Waals surface area contributed by atoms with Crippen molar-refractivity contribution in [2.24, 2.45) is 32.0 Å². The average Bonchev–Trinajstić information content (AvgIpc) is 1.14. The van der Waals surface area contributed by atoms with Gasteiger partial charge in [-0.2, -0.15) is 4.52 Å². The Balaban J connectivity index is 4.53. The highest BCUT2D eigenvalue weighted by molar-refractivity contribution is 7.70. The average molecular weight is 171 g/mol. The molecule has 0 heterocycles. The van der Waals surface area contributed by atoms with Crippen molar-refractivity contribution in [2.75, 3.05) is 0 Å². The standard InChI is InChI=1S/H11N7P2/c1-8(2,3)7-9(4,5)6/h1-3H2,(H5,4,5,6). The van der Waals surface area contributed by atoms with Crippen LogP contribution in [0, 0.1) is 5.16 Å². The Labute approximate surface area is 53.2 Å². The van der Waals surface area contributed by atoms with E-state index in [1.807, 2.05) is 0 Å². The Morgan fingerprint density at radius 1 is 1.00 bits per heavy atom. The van der Waals surface area contributed by atoms with E-state index in [1.165, 1.54) is 0 Å². The molecule has 0 aromatic carbocycles. The van der Waals surface area contributed by atoms with Gasteiger partial charge in [-0.3, -0.25) is 32.7 Å². The zero-order valence-corrected chi connectivity index (χ0v) is 6.52. The molecule has 0 rings (SSSR count). The van der Waals surface area contributed by atoms with Crippen molar-refractivity contribution in [1.29, 1.82) is 5.16 Å². The molecule has 0 unspecified atom stereocenters. The van der Waals surface area contributed by atoms with Gasteiger partial charge in [0.15, 0.2) is 15.0 Å². The summed E-state index contributed by atoms with van der Waals surface area (Å²) in [6, 6.07) is 0. The molecule has 0 aliphatic heterocycles. The van der Waals surface area contributed by atoms with E-state index in [1.54, 1.807) is 0 Å². The smallest absolute Gasteiger partial charge is 0.200 e. The quantitative estimate of drug-likeness (QED) is 0.285. The second kappa shape index (κ2) is 2.48. The van der Waals surface area contributed by atoms with Gasteiger partial charge in [0.1, 0.15) is 0 Å². The van der Waals surface area contributed by atoms with Gasteiger partial charge in [-0.05, 0) is 0 Å². The molecule has 0 radical (unpaired) electrons. The Morgan fingerprint density at radius 2 is 1.33 bits per heavy atom. The molecule has 0 aromatic heterocycles. The number of hydrogen-bond donors (Lipinski definition) is 6. The maximum atomic E-state index is 6.88. The third-order valence-corrected chi connectivity index (χ3v) is 2.73. The van der Waals surface area contributed by atoms with Crippen LogP contribution in [-0.2, 0) is 0 Å². The van der Waals surface area contributed by atoms with Crippen molar-refractivity contribution in [3.63, 3.8) is 0 Å². The highest BCUT2D eigenvalue weighted by Gasteiger charge is 2.03. The maximum Gasteiger partial charge on any atom is 0.200 e. The molecule has 7 nitrogen and oxygen atoms in total. The summed E-state index contributed by atoms with van der Waals surface area (Å²) in [5.41, 5.74) is 25.2. The minimum absolute atomic E-state index is 2.80. The SMILES string of the molecule is N=P(N)(N)N=P(N)(N)N. The lowest BCUT2D eigenvalue weighted by Crippen LogP contribution is -2.15. The minimum Gasteiger partial charge on any atom is -0.274 e. The molecule has 0 saturated carbocycles. The van der Waals surface area contributed by atoms with Gasteiger partial charge >= 0.3 is 0 Å². The Bertz CT molecular complexity index is 169. The molecule has 0 amide bonds. The molecule has 9 heavy (non-hydrogen) atoms. The fourth-order valence-electron chi connectivity index (χ4n) is 0.256. The Morgan fingerprint density at radius 3 is 1.33 bits per heavy atom. The molecule has 11 N–H and O–H groups in total. The van der Waals surface area contributed by atoms with Gasteiger partial charge in [0.2, 0.25) is 0 Å². The summed E-state index contributed by atoms with van der Waals surface area (Å²) in [5, 5.41) is 6.88. The van der Waals surface area contributed by atoms with Crippen LogP contribution < -0.4 is 27.5 Å². The van der Waals surface area contributed by atoms with E-state index in [0.717, 1.165) is 0 Å². The molecular weight excluding hydrogens is 160 g/mol. The fraction of sp³-hybridized carbons (Fsp3) is 0. The van der Waals surface area contributed by atoms with Crippen molar-refractivity contribution in [2.45, 2.75) is 0 Å². The van der Waals surface area contributed by atoms with Crippen LogP contribution in [0.15, 0.2) is 4.52 Å². The molecule has 0 aromatic rings. The van der Waals surface area contributed by atoms with Crippen molar-refractivity contribution < 1.29 is 0 Å². The summed E-state index contributed by atoms with van der Waals surface area (Å²) in [6.07, 6.45) is 0. The predicted octanol–water partition coefficient (Wildman–Crippen LogP) is -0.749. The van der Waals surface area contributed by atoms with Gasteiger partial charge in [0.25, 0.3) is 0 Å². The van der Waals surface area contributed by atoms with E-state index < -0.39 is 15.0 Å². The normalized spacial score (nSPS) is 13.4. The molecule has 9 heteroatoms. The zero-order valence-electron chi connectivity index (χ0n) is 4.73. The predicted molar refractivity (Wildman–Crippen MR) is 39.9 cm³/mol. The van der Waals surface area contributed by atoms with Crippen LogP contribution in [0.2, 0.25) is 0 Å². The summed E-state index contributed by atoms with van der Waals surface area (Å²) < 4.78 is 3.32. The van der Waals surface area contributed by atoms with Crippen LogP contribution in [0.5, 0.6) is 0 Å². The van der Waals surface area contributed by atoms with Crippen molar-refractivity contribution in [3.8, 4) is 0 Å². The first-order chi connectivity index (χ1) is 3.71. The second-order valence-electron chi connectivity index (χ2n) is 1.62. The summed E-state index contributed by atoms with van der Waals surface area (Å²) >= 11 is 0. The molecule has 0 saturated heterocycles. The summed E-state index contributed by atoms with van der Waals surface area (Å²) in [4.78, 5) is 0. The van der Waals surface area contributed by atoms with E-state index in [4.69, 9.17) is 32.7 Å². The van der Waals surface area contributed by atoms with Gasteiger partial charge in [0, 0.05) is 0 Å². The van der Waals surface area contributed by atoms with Crippen LogP contribution in [0.25, 0.3) is 0 Å². The zero-order chi connectivity index (χ0) is 7.71. The first-order valence-corrected chi connectivity index (χ1v) is 5.74. The fourth-order valence-corrected chi connectivity index (χ4v) is 2.31. The lowest BCUT2D eigenvalue weighted by Gasteiger charge is -2.09. The highest BCUT2D eigenvalue weighted by Crippen LogP contribution is 2.38.